The number of halogens is 1. The van der Waals surface area contributed by atoms with Gasteiger partial charge in [-0.25, -0.2) is 12.8 Å². The summed E-state index contributed by atoms with van der Waals surface area (Å²) in [5.41, 5.74) is 0. The average Bonchev–Trinajstić information content (AvgIpc) is 2.52. The predicted octanol–water partition coefficient (Wildman–Crippen LogP) is 1.89. The molecule has 2 rings (SSSR count). The maximum Gasteiger partial charge on any atom is 0.245 e. The molecule has 0 atom stereocenters. The number of nitrogens with zero attached hydrogens (tertiary/aromatic N) is 1. The summed E-state index contributed by atoms with van der Waals surface area (Å²) in [7, 11) is -2.13. The van der Waals surface area contributed by atoms with Crippen LogP contribution in [-0.2, 0) is 19.5 Å². The Kier molecular flexibility index (Phi) is 6.31. The topological polar surface area (TPSA) is 55.8 Å². The van der Waals surface area contributed by atoms with Gasteiger partial charge in [0, 0.05) is 26.8 Å². The van der Waals surface area contributed by atoms with Gasteiger partial charge in [0.25, 0.3) is 0 Å². The van der Waals surface area contributed by atoms with E-state index in [1.54, 1.807) is 7.11 Å². The Balaban J connectivity index is 1.90. The van der Waals surface area contributed by atoms with Gasteiger partial charge in [-0.1, -0.05) is 12.1 Å². The van der Waals surface area contributed by atoms with Gasteiger partial charge in [-0.2, -0.15) is 4.31 Å². The van der Waals surface area contributed by atoms with Gasteiger partial charge >= 0.3 is 0 Å². The minimum Gasteiger partial charge on any atom is -0.382 e. The smallest absolute Gasteiger partial charge is 0.245 e. The van der Waals surface area contributed by atoms with Crippen LogP contribution in [-0.4, -0.2) is 52.7 Å². The van der Waals surface area contributed by atoms with Gasteiger partial charge in [0.15, 0.2) is 0 Å². The van der Waals surface area contributed by atoms with Crippen LogP contribution in [0.15, 0.2) is 29.2 Å². The van der Waals surface area contributed by atoms with Crippen LogP contribution in [0.2, 0.25) is 0 Å². The lowest BCUT2D eigenvalue weighted by Crippen LogP contribution is -2.39. The second-order valence-corrected chi connectivity index (χ2v) is 7.25. The fourth-order valence-corrected chi connectivity index (χ4v) is 4.04. The molecule has 7 heteroatoms. The number of benzene rings is 1. The summed E-state index contributed by atoms with van der Waals surface area (Å²) >= 11 is 0. The van der Waals surface area contributed by atoms with Crippen molar-refractivity contribution in [2.45, 2.75) is 17.7 Å². The van der Waals surface area contributed by atoms with E-state index in [9.17, 15) is 12.8 Å². The van der Waals surface area contributed by atoms with E-state index in [0.717, 1.165) is 12.8 Å². The van der Waals surface area contributed by atoms with Gasteiger partial charge in [0.1, 0.15) is 10.7 Å². The Labute approximate surface area is 131 Å². The third kappa shape index (κ3) is 4.25. The molecular formula is C15H22FNO4S. The van der Waals surface area contributed by atoms with Gasteiger partial charge in [0.2, 0.25) is 10.0 Å². The lowest BCUT2D eigenvalue weighted by Gasteiger charge is -2.31. The van der Waals surface area contributed by atoms with Crippen LogP contribution >= 0.6 is 0 Å². The molecule has 0 amide bonds. The molecule has 0 aliphatic carbocycles. The normalized spacial score (nSPS) is 17.7. The fourth-order valence-electron chi connectivity index (χ4n) is 2.50. The molecule has 22 heavy (non-hydrogen) atoms. The molecule has 1 aromatic carbocycles. The minimum atomic E-state index is -3.75. The second kappa shape index (κ2) is 8.01. The monoisotopic (exact) mass is 331 g/mol. The highest BCUT2D eigenvalue weighted by Gasteiger charge is 2.31. The maximum atomic E-state index is 13.7. The van der Waals surface area contributed by atoms with E-state index in [2.05, 4.69) is 0 Å². The Bertz CT molecular complexity index is 571. The Hall–Kier alpha value is -1.02. The molecule has 124 valence electrons. The van der Waals surface area contributed by atoms with Crippen molar-refractivity contribution in [1.82, 2.24) is 4.31 Å². The maximum absolute atomic E-state index is 13.7. The molecule has 1 saturated heterocycles. The van der Waals surface area contributed by atoms with Gasteiger partial charge in [-0.15, -0.1) is 0 Å². The quantitative estimate of drug-likeness (QED) is 0.716. The second-order valence-electron chi connectivity index (χ2n) is 5.35. The number of rotatable bonds is 7. The molecular weight excluding hydrogens is 309 g/mol. The lowest BCUT2D eigenvalue weighted by molar-refractivity contribution is 0.0410. The number of sulfonamides is 1. The predicted molar refractivity (Wildman–Crippen MR) is 80.6 cm³/mol. The zero-order valence-electron chi connectivity index (χ0n) is 12.7. The summed E-state index contributed by atoms with van der Waals surface area (Å²) in [6, 6.07) is 5.50. The summed E-state index contributed by atoms with van der Waals surface area (Å²) in [6.07, 6.45) is 1.45. The molecule has 0 saturated carbocycles. The summed E-state index contributed by atoms with van der Waals surface area (Å²) in [6.45, 7) is 2.51. The first-order valence-electron chi connectivity index (χ1n) is 7.37. The summed E-state index contributed by atoms with van der Waals surface area (Å²) in [5.74, 6) is -0.364. The van der Waals surface area contributed by atoms with Crippen molar-refractivity contribution >= 4 is 10.0 Å². The molecule has 0 spiro atoms. The van der Waals surface area contributed by atoms with E-state index in [1.807, 2.05) is 0 Å². The zero-order chi connectivity index (χ0) is 16.0. The fraction of sp³-hybridized carbons (Fsp3) is 0.600. The van der Waals surface area contributed by atoms with Gasteiger partial charge in [0.05, 0.1) is 13.2 Å². The molecule has 1 aliphatic heterocycles. The van der Waals surface area contributed by atoms with Crippen LogP contribution in [0.25, 0.3) is 0 Å². The van der Waals surface area contributed by atoms with Crippen LogP contribution in [0.5, 0.6) is 0 Å². The van der Waals surface area contributed by atoms with Crippen LogP contribution in [0.1, 0.15) is 12.8 Å². The third-order valence-corrected chi connectivity index (χ3v) is 5.75. The average molecular weight is 331 g/mol. The van der Waals surface area contributed by atoms with Gasteiger partial charge < -0.3 is 9.47 Å². The van der Waals surface area contributed by atoms with Crippen molar-refractivity contribution in [2.24, 2.45) is 5.92 Å². The molecule has 0 radical (unpaired) electrons. The van der Waals surface area contributed by atoms with Crippen molar-refractivity contribution in [3.8, 4) is 0 Å². The molecule has 0 N–H and O–H groups in total. The van der Waals surface area contributed by atoms with E-state index >= 15 is 0 Å². The molecule has 1 aromatic rings. The minimum absolute atomic E-state index is 0.246. The first-order chi connectivity index (χ1) is 10.6. The summed E-state index contributed by atoms with van der Waals surface area (Å²) < 4.78 is 50.4. The van der Waals surface area contributed by atoms with E-state index in [0.29, 0.717) is 38.8 Å². The molecule has 0 aromatic heterocycles. The third-order valence-electron chi connectivity index (χ3n) is 3.81. The van der Waals surface area contributed by atoms with E-state index in [4.69, 9.17) is 9.47 Å². The van der Waals surface area contributed by atoms with E-state index < -0.39 is 15.8 Å². The van der Waals surface area contributed by atoms with Crippen molar-refractivity contribution in [3.63, 3.8) is 0 Å². The van der Waals surface area contributed by atoms with Crippen LogP contribution in [0.3, 0.4) is 0 Å². The number of ether oxygens (including phenoxy) is 2. The SMILES string of the molecule is COCCOCC1CCN(S(=O)(=O)c2ccccc2F)CC1. The van der Waals surface area contributed by atoms with Crippen molar-refractivity contribution in [3.05, 3.63) is 30.1 Å². The van der Waals surface area contributed by atoms with Crippen LogP contribution in [0, 0.1) is 11.7 Å². The molecule has 0 unspecified atom stereocenters. The Morgan fingerprint density at radius 1 is 1.23 bits per heavy atom. The molecule has 1 heterocycles. The number of piperidine rings is 1. The van der Waals surface area contributed by atoms with E-state index in [-0.39, 0.29) is 4.90 Å². The largest absolute Gasteiger partial charge is 0.382 e. The van der Waals surface area contributed by atoms with Crippen molar-refractivity contribution in [2.75, 3.05) is 40.0 Å². The highest BCUT2D eigenvalue weighted by Crippen LogP contribution is 2.25. The number of hydrogen-bond acceptors (Lipinski definition) is 4. The van der Waals surface area contributed by atoms with E-state index in [1.165, 1.54) is 28.6 Å². The van der Waals surface area contributed by atoms with Crippen LogP contribution < -0.4 is 0 Å². The zero-order valence-corrected chi connectivity index (χ0v) is 13.5. The first kappa shape index (κ1) is 17.3. The molecule has 1 aliphatic rings. The highest BCUT2D eigenvalue weighted by atomic mass is 32.2. The van der Waals surface area contributed by atoms with Crippen molar-refractivity contribution < 1.29 is 22.3 Å². The van der Waals surface area contributed by atoms with Gasteiger partial charge in [-0.3, -0.25) is 0 Å². The summed E-state index contributed by atoms with van der Waals surface area (Å²) in [5, 5.41) is 0. The highest BCUT2D eigenvalue weighted by molar-refractivity contribution is 7.89. The molecule has 0 bridgehead atoms. The van der Waals surface area contributed by atoms with Gasteiger partial charge in [-0.05, 0) is 30.9 Å². The lowest BCUT2D eigenvalue weighted by atomic mass is 9.99. The van der Waals surface area contributed by atoms with Crippen LogP contribution in [0.4, 0.5) is 4.39 Å². The number of methoxy groups -OCH3 is 1. The molecule has 1 fully saturated rings. The Morgan fingerprint density at radius 2 is 1.91 bits per heavy atom. The Morgan fingerprint density at radius 3 is 2.55 bits per heavy atom. The summed E-state index contributed by atoms with van der Waals surface area (Å²) in [4.78, 5) is -0.246. The first-order valence-corrected chi connectivity index (χ1v) is 8.81. The van der Waals surface area contributed by atoms with Crippen molar-refractivity contribution in [1.29, 1.82) is 0 Å². The number of hydrogen-bond donors (Lipinski definition) is 0. The molecule has 5 nitrogen and oxygen atoms in total. The standard InChI is InChI=1S/C15H22FNO4S/c1-20-10-11-21-12-13-6-8-17(9-7-13)22(18,19)15-5-3-2-4-14(15)16/h2-5,13H,6-12H2,1H3.